The van der Waals surface area contributed by atoms with E-state index in [9.17, 15) is 4.79 Å². The van der Waals surface area contributed by atoms with Crippen molar-refractivity contribution in [3.63, 3.8) is 0 Å². The van der Waals surface area contributed by atoms with E-state index < -0.39 is 5.82 Å². The van der Waals surface area contributed by atoms with E-state index in [-0.39, 0.29) is 18.0 Å². The molecule has 3 heterocycles. The van der Waals surface area contributed by atoms with E-state index in [0.717, 1.165) is 17.7 Å². The van der Waals surface area contributed by atoms with Crippen LogP contribution in [-0.2, 0) is 22.5 Å². The number of benzene rings is 1. The van der Waals surface area contributed by atoms with Crippen molar-refractivity contribution < 1.29 is 13.9 Å². The molecule has 1 aromatic heterocycles. The Morgan fingerprint density at radius 1 is 1.42 bits per heavy atom. The lowest BCUT2D eigenvalue weighted by atomic mass is 10.1. The van der Waals surface area contributed by atoms with Gasteiger partial charge in [-0.2, -0.15) is 5.10 Å². The first-order valence-corrected chi connectivity index (χ1v) is 11.3. The van der Waals surface area contributed by atoms with Gasteiger partial charge in [0, 0.05) is 61.8 Å². The summed E-state index contributed by atoms with van der Waals surface area (Å²) in [6, 6.07) is 5.18. The number of carbonyl (C=O) groups is 1. The maximum Gasteiger partial charge on any atom is 0.219 e. The first kappa shape index (κ1) is 23.0. The van der Waals surface area contributed by atoms with Crippen molar-refractivity contribution in [3.8, 4) is 0 Å². The summed E-state index contributed by atoms with van der Waals surface area (Å²) in [5.41, 5.74) is 9.35. The fourth-order valence-corrected chi connectivity index (χ4v) is 4.20. The number of hydrogen-bond acceptors (Lipinski definition) is 6. The number of hydrogen-bond donors (Lipinski definition) is 2. The van der Waals surface area contributed by atoms with Crippen LogP contribution in [0.15, 0.2) is 29.4 Å². The molecule has 0 bridgehead atoms. The van der Waals surface area contributed by atoms with Crippen LogP contribution in [0.5, 0.6) is 0 Å². The minimum absolute atomic E-state index is 0.0169. The van der Waals surface area contributed by atoms with Gasteiger partial charge in [0.05, 0.1) is 24.9 Å². The number of allylic oxidation sites excluding steroid dienone is 1. The molecule has 4 rings (SSSR count). The van der Waals surface area contributed by atoms with Crippen molar-refractivity contribution in [3.05, 3.63) is 47.0 Å². The van der Waals surface area contributed by atoms with Crippen LogP contribution in [-0.4, -0.2) is 52.6 Å². The molecule has 1 atom stereocenters. The number of ether oxygens (including phenoxy) is 1. The highest BCUT2D eigenvalue weighted by atomic mass is 19.1. The van der Waals surface area contributed by atoms with Crippen LogP contribution in [0.2, 0.25) is 0 Å². The Morgan fingerprint density at radius 2 is 2.24 bits per heavy atom. The van der Waals surface area contributed by atoms with Crippen LogP contribution in [0.1, 0.15) is 50.1 Å². The van der Waals surface area contributed by atoms with E-state index in [0.29, 0.717) is 55.4 Å². The summed E-state index contributed by atoms with van der Waals surface area (Å²) in [4.78, 5) is 18.1. The van der Waals surface area contributed by atoms with E-state index in [2.05, 4.69) is 10.3 Å². The Balaban J connectivity index is 1.64. The molecule has 1 fully saturated rings. The zero-order valence-corrected chi connectivity index (χ0v) is 19.3. The van der Waals surface area contributed by atoms with Crippen LogP contribution < -0.4 is 11.1 Å². The van der Waals surface area contributed by atoms with Gasteiger partial charge in [-0.15, -0.1) is 0 Å². The molecule has 3 N–H and O–H groups in total. The van der Waals surface area contributed by atoms with Crippen molar-refractivity contribution in [2.75, 3.05) is 25.1 Å². The summed E-state index contributed by atoms with van der Waals surface area (Å²) >= 11 is 0. The van der Waals surface area contributed by atoms with Gasteiger partial charge in [0.2, 0.25) is 5.91 Å². The average Bonchev–Trinajstić information content (AvgIpc) is 3.43. The molecule has 33 heavy (non-hydrogen) atoms. The van der Waals surface area contributed by atoms with E-state index in [1.54, 1.807) is 30.2 Å². The lowest BCUT2D eigenvalue weighted by Gasteiger charge is -2.27. The maximum absolute atomic E-state index is 15.1. The first-order valence-electron chi connectivity index (χ1n) is 11.3. The number of nitrogens with two attached hydrogens (primary N) is 1. The topological polar surface area (TPSA) is 97.8 Å². The minimum atomic E-state index is -0.420. The Labute approximate surface area is 193 Å². The van der Waals surface area contributed by atoms with Gasteiger partial charge in [0.15, 0.2) is 5.82 Å². The number of aromatic nitrogens is 2. The summed E-state index contributed by atoms with van der Waals surface area (Å²) in [5, 5.41) is 7.96. The number of halogens is 1. The highest BCUT2D eigenvalue weighted by Crippen LogP contribution is 2.33. The highest BCUT2D eigenvalue weighted by Gasteiger charge is 2.30. The minimum Gasteiger partial charge on any atom is -0.404 e. The van der Waals surface area contributed by atoms with Crippen molar-refractivity contribution in [1.29, 1.82) is 0 Å². The van der Waals surface area contributed by atoms with E-state index in [4.69, 9.17) is 15.6 Å². The maximum atomic E-state index is 15.1. The molecular formula is C24H31FN6O2. The molecule has 0 saturated carbocycles. The van der Waals surface area contributed by atoms with Crippen LogP contribution in [0.25, 0.3) is 5.57 Å². The fraction of sp³-hybridized carbons (Fsp3) is 0.458. The third kappa shape index (κ3) is 4.93. The molecule has 2 aromatic rings. The summed E-state index contributed by atoms with van der Waals surface area (Å²) in [5.74, 6) is 0.172. The Kier molecular flexibility index (Phi) is 6.78. The van der Waals surface area contributed by atoms with Gasteiger partial charge in [-0.1, -0.05) is 6.07 Å². The van der Waals surface area contributed by atoms with Crippen LogP contribution in [0.4, 0.5) is 15.9 Å². The summed E-state index contributed by atoms with van der Waals surface area (Å²) in [6.45, 7) is 7.90. The second kappa shape index (κ2) is 9.74. The number of aliphatic imine (C=N–C) groups is 1. The number of rotatable bonds is 6. The number of amides is 1. The molecule has 0 radical (unpaired) electrons. The second-order valence-electron chi connectivity index (χ2n) is 8.74. The monoisotopic (exact) mass is 454 g/mol. The van der Waals surface area contributed by atoms with Gasteiger partial charge in [-0.05, 0) is 38.0 Å². The summed E-state index contributed by atoms with van der Waals surface area (Å²) < 4.78 is 22.6. The standard InChI is InChI=1S/C24H31FN6O2/c1-15(2)27-12-18(11-26)17-4-5-22(21(25)10-17)28-24-20-13-30(16(3)32)8-6-23(20)31(29-24)19-7-9-33-14-19/h4-5,10-12,15,19H,6-9,13-14,26H2,1-3H3,(H,28,29)/b18-11+,27-12?. The Morgan fingerprint density at radius 3 is 2.88 bits per heavy atom. The summed E-state index contributed by atoms with van der Waals surface area (Å²) in [7, 11) is 0. The fourth-order valence-electron chi connectivity index (χ4n) is 4.20. The normalized spacial score (nSPS) is 18.9. The molecular weight excluding hydrogens is 423 g/mol. The third-order valence-corrected chi connectivity index (χ3v) is 6.03. The van der Waals surface area contributed by atoms with Gasteiger partial charge in [0.1, 0.15) is 5.82 Å². The smallest absolute Gasteiger partial charge is 0.219 e. The summed E-state index contributed by atoms with van der Waals surface area (Å²) in [6.07, 6.45) is 4.68. The molecule has 176 valence electrons. The predicted octanol–water partition coefficient (Wildman–Crippen LogP) is 3.41. The first-order chi connectivity index (χ1) is 15.9. The van der Waals surface area contributed by atoms with Crippen LogP contribution in [0, 0.1) is 5.82 Å². The number of carbonyl (C=O) groups excluding carboxylic acids is 1. The zero-order valence-electron chi connectivity index (χ0n) is 19.3. The Hall–Kier alpha value is -3.20. The van der Waals surface area contributed by atoms with Gasteiger partial charge in [-0.25, -0.2) is 4.39 Å². The van der Waals surface area contributed by atoms with Crippen molar-refractivity contribution in [2.45, 2.75) is 52.2 Å². The van der Waals surface area contributed by atoms with Crippen molar-refractivity contribution >= 4 is 29.2 Å². The molecule has 0 aliphatic carbocycles. The van der Waals surface area contributed by atoms with E-state index in [1.165, 1.54) is 12.3 Å². The van der Waals surface area contributed by atoms with Gasteiger partial charge in [-0.3, -0.25) is 14.5 Å². The lowest BCUT2D eigenvalue weighted by Crippen LogP contribution is -2.35. The SMILES string of the molecule is CC(=O)N1CCc2c(c(Nc3ccc(/C(C=NC(C)C)=C/N)cc3F)nn2C2CCOC2)C1. The number of nitrogens with one attached hydrogen (secondary N) is 1. The third-order valence-electron chi connectivity index (χ3n) is 6.03. The van der Waals surface area contributed by atoms with Crippen molar-refractivity contribution in [2.24, 2.45) is 10.7 Å². The van der Waals surface area contributed by atoms with E-state index >= 15 is 4.39 Å². The molecule has 1 saturated heterocycles. The average molecular weight is 455 g/mol. The van der Waals surface area contributed by atoms with Gasteiger partial charge < -0.3 is 20.7 Å². The van der Waals surface area contributed by atoms with Gasteiger partial charge in [0.25, 0.3) is 0 Å². The number of anilines is 2. The quantitative estimate of drug-likeness (QED) is 0.652. The van der Waals surface area contributed by atoms with Crippen LogP contribution >= 0.6 is 0 Å². The molecule has 0 spiro atoms. The number of nitrogens with zero attached hydrogens (tertiary/aromatic N) is 4. The second-order valence-corrected chi connectivity index (χ2v) is 8.74. The largest absolute Gasteiger partial charge is 0.404 e. The predicted molar refractivity (Wildman–Crippen MR) is 127 cm³/mol. The lowest BCUT2D eigenvalue weighted by molar-refractivity contribution is -0.129. The Bertz CT molecular complexity index is 1080. The molecule has 1 aromatic carbocycles. The molecule has 8 nitrogen and oxygen atoms in total. The molecule has 1 amide bonds. The molecule has 1 unspecified atom stereocenters. The van der Waals surface area contributed by atoms with Crippen LogP contribution in [0.3, 0.4) is 0 Å². The number of fused-ring (bicyclic) bond motifs is 1. The molecule has 9 heteroatoms. The van der Waals surface area contributed by atoms with Gasteiger partial charge >= 0.3 is 0 Å². The molecule has 2 aliphatic heterocycles. The highest BCUT2D eigenvalue weighted by molar-refractivity contribution is 6.09. The molecule has 2 aliphatic rings. The van der Waals surface area contributed by atoms with Crippen molar-refractivity contribution in [1.82, 2.24) is 14.7 Å². The van der Waals surface area contributed by atoms with E-state index in [1.807, 2.05) is 18.5 Å². The zero-order chi connectivity index (χ0) is 23.5.